The van der Waals surface area contributed by atoms with Crippen LogP contribution in [0, 0.1) is 0 Å². The highest BCUT2D eigenvalue weighted by atomic mass is 79.9. The number of alkyl halides is 1. The van der Waals surface area contributed by atoms with Crippen molar-refractivity contribution in [2.75, 3.05) is 11.9 Å². The lowest BCUT2D eigenvalue weighted by molar-refractivity contribution is 0.309. The summed E-state index contributed by atoms with van der Waals surface area (Å²) in [4.78, 5) is 0. The summed E-state index contributed by atoms with van der Waals surface area (Å²) >= 11 is 3.41. The van der Waals surface area contributed by atoms with Crippen LogP contribution in [-0.4, -0.2) is 11.9 Å². The van der Waals surface area contributed by atoms with Crippen LogP contribution in [0.2, 0.25) is 0 Å². The fraction of sp³-hybridized carbons (Fsp3) is 0.500. The molecular formula is C12H16BrNO. The van der Waals surface area contributed by atoms with Gasteiger partial charge in [-0.2, -0.15) is 0 Å². The number of fused-ring (bicyclic) bond motifs is 1. The van der Waals surface area contributed by atoms with Crippen LogP contribution >= 0.6 is 15.9 Å². The molecule has 0 fully saturated rings. The zero-order valence-corrected chi connectivity index (χ0v) is 10.3. The van der Waals surface area contributed by atoms with Crippen molar-refractivity contribution in [1.82, 2.24) is 5.32 Å². The lowest BCUT2D eigenvalue weighted by atomic mass is 10.1. The maximum atomic E-state index is 5.68. The summed E-state index contributed by atoms with van der Waals surface area (Å²) < 4.78 is 5.68. The van der Waals surface area contributed by atoms with Gasteiger partial charge in [-0.05, 0) is 36.1 Å². The topological polar surface area (TPSA) is 21.3 Å². The number of ether oxygens (including phenoxy) is 1. The molecule has 2 nitrogen and oxygen atoms in total. The molecule has 0 saturated carbocycles. The van der Waals surface area contributed by atoms with E-state index < -0.39 is 0 Å². The normalized spacial score (nSPS) is 13.9. The predicted octanol–water partition coefficient (Wildman–Crippen LogP) is 2.84. The number of unbranched alkanes of at least 4 members (excludes halogenated alkanes) is 1. The molecule has 0 aliphatic carbocycles. The van der Waals surface area contributed by atoms with Gasteiger partial charge in [-0.3, -0.25) is 0 Å². The van der Waals surface area contributed by atoms with E-state index in [1.165, 1.54) is 17.5 Å². The van der Waals surface area contributed by atoms with Crippen LogP contribution in [0.3, 0.4) is 0 Å². The molecule has 0 unspecified atom stereocenters. The monoisotopic (exact) mass is 269 g/mol. The van der Waals surface area contributed by atoms with Crippen molar-refractivity contribution in [2.45, 2.75) is 25.9 Å². The first-order chi connectivity index (χ1) is 7.40. The molecule has 1 N–H and O–H groups in total. The maximum Gasteiger partial charge on any atom is 0.119 e. The van der Waals surface area contributed by atoms with Crippen LogP contribution in [0.15, 0.2) is 18.2 Å². The lowest BCUT2D eigenvalue weighted by Crippen LogP contribution is -2.00. The molecule has 0 aromatic heterocycles. The number of benzene rings is 1. The van der Waals surface area contributed by atoms with E-state index in [-0.39, 0.29) is 0 Å². The van der Waals surface area contributed by atoms with Gasteiger partial charge in [0.2, 0.25) is 0 Å². The first-order valence-corrected chi connectivity index (χ1v) is 6.53. The number of rotatable bonds is 5. The number of nitrogens with one attached hydrogen (secondary N) is 1. The van der Waals surface area contributed by atoms with E-state index in [9.17, 15) is 0 Å². The minimum absolute atomic E-state index is 0.817. The first-order valence-electron chi connectivity index (χ1n) is 5.41. The van der Waals surface area contributed by atoms with Gasteiger partial charge in [0.05, 0.1) is 6.61 Å². The van der Waals surface area contributed by atoms with Crippen LogP contribution in [0.1, 0.15) is 24.0 Å². The molecule has 2 rings (SSSR count). The van der Waals surface area contributed by atoms with E-state index in [2.05, 4.69) is 39.4 Å². The molecule has 3 heteroatoms. The minimum Gasteiger partial charge on any atom is -0.494 e. The van der Waals surface area contributed by atoms with Gasteiger partial charge in [0.1, 0.15) is 5.75 Å². The van der Waals surface area contributed by atoms with E-state index >= 15 is 0 Å². The third-order valence-electron chi connectivity index (χ3n) is 2.61. The highest BCUT2D eigenvalue weighted by Crippen LogP contribution is 2.21. The molecule has 0 spiro atoms. The fourth-order valence-electron chi connectivity index (χ4n) is 1.75. The van der Waals surface area contributed by atoms with E-state index in [1.807, 2.05) is 0 Å². The molecule has 0 radical (unpaired) electrons. The molecular weight excluding hydrogens is 254 g/mol. The van der Waals surface area contributed by atoms with Crippen LogP contribution < -0.4 is 10.1 Å². The molecule has 15 heavy (non-hydrogen) atoms. The van der Waals surface area contributed by atoms with Gasteiger partial charge in [0, 0.05) is 18.4 Å². The Balaban J connectivity index is 1.87. The molecule has 0 saturated heterocycles. The van der Waals surface area contributed by atoms with E-state index in [4.69, 9.17) is 4.74 Å². The third-order valence-corrected chi connectivity index (χ3v) is 3.17. The number of hydrogen-bond donors (Lipinski definition) is 1. The molecule has 0 amide bonds. The summed E-state index contributed by atoms with van der Waals surface area (Å²) in [6, 6.07) is 6.39. The van der Waals surface area contributed by atoms with Crippen molar-refractivity contribution in [3.8, 4) is 5.75 Å². The van der Waals surface area contributed by atoms with Gasteiger partial charge in [0.15, 0.2) is 0 Å². The van der Waals surface area contributed by atoms with Crippen LogP contribution in [0.5, 0.6) is 5.75 Å². The third kappa shape index (κ3) is 2.95. The Bertz CT molecular complexity index is 327. The van der Waals surface area contributed by atoms with Gasteiger partial charge in [-0.25, -0.2) is 0 Å². The second-order valence-electron chi connectivity index (χ2n) is 3.78. The van der Waals surface area contributed by atoms with Crippen molar-refractivity contribution < 1.29 is 4.74 Å². The Morgan fingerprint density at radius 1 is 1.20 bits per heavy atom. The largest absolute Gasteiger partial charge is 0.494 e. The summed E-state index contributed by atoms with van der Waals surface area (Å²) in [5.74, 6) is 1.01. The first kappa shape index (κ1) is 11.0. The minimum atomic E-state index is 0.817. The van der Waals surface area contributed by atoms with Crippen molar-refractivity contribution in [3.63, 3.8) is 0 Å². The zero-order chi connectivity index (χ0) is 10.5. The van der Waals surface area contributed by atoms with E-state index in [0.717, 1.165) is 37.2 Å². The van der Waals surface area contributed by atoms with Crippen LogP contribution in [-0.2, 0) is 13.1 Å². The van der Waals surface area contributed by atoms with Crippen LogP contribution in [0.4, 0.5) is 0 Å². The zero-order valence-electron chi connectivity index (χ0n) is 8.76. The van der Waals surface area contributed by atoms with Gasteiger partial charge in [-0.15, -0.1) is 0 Å². The molecule has 1 aliphatic heterocycles. The van der Waals surface area contributed by atoms with Gasteiger partial charge >= 0.3 is 0 Å². The second kappa shape index (κ2) is 5.52. The summed E-state index contributed by atoms with van der Waals surface area (Å²) in [7, 11) is 0. The summed E-state index contributed by atoms with van der Waals surface area (Å²) in [5.41, 5.74) is 2.79. The number of halogens is 1. The highest BCUT2D eigenvalue weighted by Gasteiger charge is 2.09. The smallest absolute Gasteiger partial charge is 0.119 e. The molecule has 1 aliphatic rings. The van der Waals surface area contributed by atoms with Gasteiger partial charge in [-0.1, -0.05) is 22.0 Å². The Labute approximate surface area is 99.1 Å². The Morgan fingerprint density at radius 3 is 2.93 bits per heavy atom. The van der Waals surface area contributed by atoms with Gasteiger partial charge < -0.3 is 10.1 Å². The Hall–Kier alpha value is -0.540. The Morgan fingerprint density at radius 2 is 2.07 bits per heavy atom. The quantitative estimate of drug-likeness (QED) is 0.656. The molecule has 1 aromatic rings. The van der Waals surface area contributed by atoms with Crippen molar-refractivity contribution in [2.24, 2.45) is 0 Å². The van der Waals surface area contributed by atoms with E-state index in [1.54, 1.807) is 0 Å². The average Bonchev–Trinajstić information content (AvgIpc) is 2.71. The predicted molar refractivity (Wildman–Crippen MR) is 65.5 cm³/mol. The standard InChI is InChI=1S/C12H16BrNO/c13-5-1-2-6-15-12-4-3-10-8-14-9-11(10)7-12/h3-4,7,14H,1-2,5-6,8-9H2. The second-order valence-corrected chi connectivity index (χ2v) is 4.57. The van der Waals surface area contributed by atoms with E-state index in [0.29, 0.717) is 0 Å². The van der Waals surface area contributed by atoms with Gasteiger partial charge in [0.25, 0.3) is 0 Å². The van der Waals surface area contributed by atoms with Crippen molar-refractivity contribution >= 4 is 15.9 Å². The molecule has 0 bridgehead atoms. The fourth-order valence-corrected chi connectivity index (χ4v) is 2.14. The average molecular weight is 270 g/mol. The SMILES string of the molecule is BrCCCCOc1ccc2c(c1)CNC2. The molecule has 82 valence electrons. The molecule has 0 atom stereocenters. The van der Waals surface area contributed by atoms with Crippen molar-refractivity contribution in [1.29, 1.82) is 0 Å². The summed E-state index contributed by atoms with van der Waals surface area (Å²) in [6.07, 6.45) is 2.28. The molecule has 1 heterocycles. The Kier molecular flexibility index (Phi) is 4.03. The maximum absolute atomic E-state index is 5.68. The number of hydrogen-bond acceptors (Lipinski definition) is 2. The van der Waals surface area contributed by atoms with Crippen LogP contribution in [0.25, 0.3) is 0 Å². The van der Waals surface area contributed by atoms with Crippen molar-refractivity contribution in [3.05, 3.63) is 29.3 Å². The summed E-state index contributed by atoms with van der Waals surface area (Å²) in [5, 5.41) is 4.39. The molecule has 1 aromatic carbocycles. The summed E-state index contributed by atoms with van der Waals surface area (Å²) in [6.45, 7) is 2.80. The highest BCUT2D eigenvalue weighted by molar-refractivity contribution is 9.09. The lowest BCUT2D eigenvalue weighted by Gasteiger charge is -2.07.